The van der Waals surface area contributed by atoms with Gasteiger partial charge >= 0.3 is 0 Å². The lowest BCUT2D eigenvalue weighted by molar-refractivity contribution is -0.138. The van der Waals surface area contributed by atoms with Gasteiger partial charge in [-0.2, -0.15) is 0 Å². The topological polar surface area (TPSA) is 58.0 Å². The summed E-state index contributed by atoms with van der Waals surface area (Å²) in [5, 5.41) is 1.12. The third-order valence-electron chi connectivity index (χ3n) is 5.49. The van der Waals surface area contributed by atoms with Crippen LogP contribution >= 0.6 is 15.9 Å². The van der Waals surface area contributed by atoms with Crippen molar-refractivity contribution in [2.24, 2.45) is 0 Å². The summed E-state index contributed by atoms with van der Waals surface area (Å²) in [6, 6.07) is 8.11. The molecule has 2 saturated heterocycles. The maximum atomic E-state index is 12.7. The summed E-state index contributed by atoms with van der Waals surface area (Å²) in [6.45, 7) is 6.19. The van der Waals surface area contributed by atoms with Crippen molar-refractivity contribution < 1.29 is 14.3 Å². The van der Waals surface area contributed by atoms with Crippen molar-refractivity contribution >= 4 is 38.6 Å². The highest BCUT2D eigenvalue weighted by Crippen LogP contribution is 2.21. The summed E-state index contributed by atoms with van der Waals surface area (Å²) in [6.07, 6.45) is 1.96. The number of hydrogen-bond donors (Lipinski definition) is 0. The van der Waals surface area contributed by atoms with E-state index >= 15 is 0 Å². The van der Waals surface area contributed by atoms with Crippen molar-refractivity contribution in [1.82, 2.24) is 19.3 Å². The molecular formula is C20H25BrN4O3. The van der Waals surface area contributed by atoms with Crippen molar-refractivity contribution in [1.29, 1.82) is 0 Å². The molecule has 3 heterocycles. The molecule has 1 aromatic carbocycles. The summed E-state index contributed by atoms with van der Waals surface area (Å²) >= 11 is 3.48. The van der Waals surface area contributed by atoms with Crippen LogP contribution in [0.25, 0.3) is 10.9 Å². The van der Waals surface area contributed by atoms with Crippen molar-refractivity contribution in [3.63, 3.8) is 0 Å². The SMILES string of the molecule is O=C(CN1CCN(C(=O)Cn2ccc3cc(Br)ccc32)CC1)N1CCOCC1. The fourth-order valence-electron chi connectivity index (χ4n) is 3.81. The van der Waals surface area contributed by atoms with Gasteiger partial charge in [0.05, 0.1) is 19.8 Å². The average Bonchev–Trinajstić information content (AvgIpc) is 3.10. The molecule has 0 aliphatic carbocycles. The highest BCUT2D eigenvalue weighted by Gasteiger charge is 2.25. The number of piperazine rings is 1. The Morgan fingerprint density at radius 1 is 0.893 bits per heavy atom. The van der Waals surface area contributed by atoms with Crippen LogP contribution in [0.15, 0.2) is 34.9 Å². The zero-order valence-corrected chi connectivity index (χ0v) is 17.4. The summed E-state index contributed by atoms with van der Waals surface area (Å²) in [5.74, 6) is 0.285. The van der Waals surface area contributed by atoms with Gasteiger partial charge in [0, 0.05) is 60.8 Å². The fourth-order valence-corrected chi connectivity index (χ4v) is 4.19. The molecule has 0 unspecified atom stereocenters. The molecule has 28 heavy (non-hydrogen) atoms. The molecule has 150 valence electrons. The number of rotatable bonds is 4. The molecule has 2 aliphatic rings. The zero-order valence-electron chi connectivity index (χ0n) is 15.8. The van der Waals surface area contributed by atoms with Crippen molar-refractivity contribution in [2.45, 2.75) is 6.54 Å². The predicted molar refractivity (Wildman–Crippen MR) is 110 cm³/mol. The number of amides is 2. The molecular weight excluding hydrogens is 424 g/mol. The molecule has 0 atom stereocenters. The standard InChI is InChI=1S/C20H25BrN4O3/c21-17-1-2-18-16(13-17)3-4-25(18)15-20(27)23-7-5-22(6-8-23)14-19(26)24-9-11-28-12-10-24/h1-4,13H,5-12,14-15H2. The van der Waals surface area contributed by atoms with E-state index in [2.05, 4.69) is 26.9 Å². The predicted octanol–water partition coefficient (Wildman–Crippen LogP) is 1.41. The lowest BCUT2D eigenvalue weighted by Gasteiger charge is -2.36. The number of fused-ring (bicyclic) bond motifs is 1. The van der Waals surface area contributed by atoms with E-state index in [0.717, 1.165) is 28.5 Å². The largest absolute Gasteiger partial charge is 0.378 e. The Hall–Kier alpha value is -1.90. The van der Waals surface area contributed by atoms with Gasteiger partial charge in [0.15, 0.2) is 0 Å². The molecule has 4 rings (SSSR count). The summed E-state index contributed by atoms with van der Waals surface area (Å²) in [5.41, 5.74) is 1.06. The summed E-state index contributed by atoms with van der Waals surface area (Å²) in [7, 11) is 0. The van der Waals surface area contributed by atoms with Crippen LogP contribution in [0.4, 0.5) is 0 Å². The van der Waals surface area contributed by atoms with Crippen molar-refractivity contribution in [3.05, 3.63) is 34.9 Å². The maximum Gasteiger partial charge on any atom is 0.242 e. The van der Waals surface area contributed by atoms with Gasteiger partial charge in [-0.25, -0.2) is 0 Å². The number of hydrogen-bond acceptors (Lipinski definition) is 4. The lowest BCUT2D eigenvalue weighted by atomic mass is 10.2. The van der Waals surface area contributed by atoms with E-state index in [-0.39, 0.29) is 11.8 Å². The Labute approximate surface area is 172 Å². The third kappa shape index (κ3) is 4.39. The van der Waals surface area contributed by atoms with Gasteiger partial charge in [0.1, 0.15) is 6.54 Å². The van der Waals surface area contributed by atoms with Crippen molar-refractivity contribution in [3.8, 4) is 0 Å². The first-order valence-electron chi connectivity index (χ1n) is 9.70. The Morgan fingerprint density at radius 2 is 1.57 bits per heavy atom. The van der Waals surface area contributed by atoms with E-state index in [4.69, 9.17) is 4.74 Å². The Balaban J connectivity index is 1.28. The molecule has 2 aromatic rings. The molecule has 2 aliphatic heterocycles. The minimum Gasteiger partial charge on any atom is -0.378 e. The number of aromatic nitrogens is 1. The Morgan fingerprint density at radius 3 is 2.32 bits per heavy atom. The minimum absolute atomic E-state index is 0.125. The number of morpholine rings is 1. The van der Waals surface area contributed by atoms with Gasteiger partial charge in [0.2, 0.25) is 11.8 Å². The molecule has 0 spiro atoms. The summed E-state index contributed by atoms with van der Waals surface area (Å²) < 4.78 is 8.33. The first kappa shape index (κ1) is 19.4. The molecule has 8 heteroatoms. The van der Waals surface area contributed by atoms with Crippen LogP contribution in [0.3, 0.4) is 0 Å². The number of halogens is 1. The van der Waals surface area contributed by atoms with Gasteiger partial charge in [-0.15, -0.1) is 0 Å². The normalized spacial score (nSPS) is 18.6. The van der Waals surface area contributed by atoms with Crippen molar-refractivity contribution in [2.75, 3.05) is 59.0 Å². The van der Waals surface area contributed by atoms with Gasteiger partial charge in [-0.05, 0) is 24.3 Å². The first-order valence-corrected chi connectivity index (χ1v) is 10.5. The number of nitrogens with zero attached hydrogens (tertiary/aromatic N) is 4. The molecule has 0 saturated carbocycles. The minimum atomic E-state index is 0.125. The molecule has 0 radical (unpaired) electrons. The van der Waals surface area contributed by atoms with Gasteiger partial charge in [-0.1, -0.05) is 15.9 Å². The van der Waals surface area contributed by atoms with Gasteiger partial charge < -0.3 is 19.1 Å². The number of benzene rings is 1. The molecule has 0 N–H and O–H groups in total. The van der Waals surface area contributed by atoms with Crippen LogP contribution in [-0.2, 0) is 20.9 Å². The molecule has 2 fully saturated rings. The first-order chi connectivity index (χ1) is 13.6. The second-order valence-electron chi connectivity index (χ2n) is 7.30. The summed E-state index contributed by atoms with van der Waals surface area (Å²) in [4.78, 5) is 31.0. The van der Waals surface area contributed by atoms with Crippen LogP contribution in [0.5, 0.6) is 0 Å². The van der Waals surface area contributed by atoms with Crippen LogP contribution in [0.2, 0.25) is 0 Å². The van der Waals surface area contributed by atoms with E-state index in [1.165, 1.54) is 0 Å². The van der Waals surface area contributed by atoms with E-state index < -0.39 is 0 Å². The fraction of sp³-hybridized carbons (Fsp3) is 0.500. The monoisotopic (exact) mass is 448 g/mol. The highest BCUT2D eigenvalue weighted by atomic mass is 79.9. The maximum absolute atomic E-state index is 12.7. The Kier molecular flexibility index (Phi) is 5.99. The van der Waals surface area contributed by atoms with E-state index in [1.807, 2.05) is 38.8 Å². The van der Waals surface area contributed by atoms with E-state index in [0.29, 0.717) is 52.5 Å². The van der Waals surface area contributed by atoms with Gasteiger partial charge in [-0.3, -0.25) is 14.5 Å². The quantitative estimate of drug-likeness (QED) is 0.709. The molecule has 7 nitrogen and oxygen atoms in total. The van der Waals surface area contributed by atoms with Crippen LogP contribution in [0, 0.1) is 0 Å². The molecule has 0 bridgehead atoms. The number of carbonyl (C=O) groups is 2. The molecule has 1 aromatic heterocycles. The number of carbonyl (C=O) groups excluding carboxylic acids is 2. The van der Waals surface area contributed by atoms with Crippen LogP contribution in [-0.4, -0.2) is 90.1 Å². The van der Waals surface area contributed by atoms with Gasteiger partial charge in [0.25, 0.3) is 0 Å². The van der Waals surface area contributed by atoms with E-state index in [1.54, 1.807) is 0 Å². The second kappa shape index (κ2) is 8.63. The second-order valence-corrected chi connectivity index (χ2v) is 8.21. The van der Waals surface area contributed by atoms with Crippen LogP contribution in [0.1, 0.15) is 0 Å². The highest BCUT2D eigenvalue weighted by molar-refractivity contribution is 9.10. The zero-order chi connectivity index (χ0) is 19.5. The van der Waals surface area contributed by atoms with E-state index in [9.17, 15) is 9.59 Å². The Bertz CT molecular complexity index is 854. The number of ether oxygens (including phenoxy) is 1. The third-order valence-corrected chi connectivity index (χ3v) is 5.98. The molecule has 2 amide bonds. The van der Waals surface area contributed by atoms with Crippen LogP contribution < -0.4 is 0 Å². The average molecular weight is 449 g/mol. The lowest BCUT2D eigenvalue weighted by Crippen LogP contribution is -2.53. The smallest absolute Gasteiger partial charge is 0.242 e.